The standard InChI is InChI=1S/C22H25N7O2/c1-3-14-31-18-6-4-17(5-7-18)8-9-23-22(30)29-12-10-28(11-13-29)21-19-15-26-27(2)20(19)24-16-25-21/h1,4-7,15-16H,8-14H2,2H3,(H,23,30). The van der Waals surface area contributed by atoms with Crippen molar-refractivity contribution in [2.24, 2.45) is 7.05 Å². The van der Waals surface area contributed by atoms with Gasteiger partial charge in [-0.3, -0.25) is 4.68 Å². The Balaban J connectivity index is 1.24. The van der Waals surface area contributed by atoms with Crippen LogP contribution in [0.15, 0.2) is 36.8 Å². The van der Waals surface area contributed by atoms with Crippen molar-refractivity contribution in [1.82, 2.24) is 30.0 Å². The highest BCUT2D eigenvalue weighted by Crippen LogP contribution is 2.23. The number of aromatic nitrogens is 4. The van der Waals surface area contributed by atoms with E-state index in [2.05, 4.69) is 31.2 Å². The summed E-state index contributed by atoms with van der Waals surface area (Å²) in [6.07, 6.45) is 9.29. The molecule has 3 aromatic rings. The lowest BCUT2D eigenvalue weighted by atomic mass is 10.1. The van der Waals surface area contributed by atoms with Crippen molar-refractivity contribution in [3.8, 4) is 18.1 Å². The summed E-state index contributed by atoms with van der Waals surface area (Å²) in [4.78, 5) is 25.3. The molecule has 0 aliphatic carbocycles. The molecule has 3 heterocycles. The van der Waals surface area contributed by atoms with Crippen molar-refractivity contribution in [2.75, 3.05) is 44.2 Å². The second-order valence-corrected chi connectivity index (χ2v) is 7.30. The Bertz CT molecular complexity index is 1080. The number of nitrogens with zero attached hydrogens (tertiary/aromatic N) is 6. The summed E-state index contributed by atoms with van der Waals surface area (Å²) in [7, 11) is 1.86. The number of aryl methyl sites for hydroxylation is 1. The van der Waals surface area contributed by atoms with Gasteiger partial charge in [-0.1, -0.05) is 18.1 Å². The smallest absolute Gasteiger partial charge is 0.317 e. The Hall–Kier alpha value is -3.80. The van der Waals surface area contributed by atoms with Gasteiger partial charge < -0.3 is 19.9 Å². The molecular formula is C22H25N7O2. The number of ether oxygens (including phenoxy) is 1. The quantitative estimate of drug-likeness (QED) is 0.609. The highest BCUT2D eigenvalue weighted by molar-refractivity contribution is 5.86. The van der Waals surface area contributed by atoms with E-state index in [0.717, 1.165) is 34.6 Å². The molecule has 0 saturated carbocycles. The number of carbonyl (C=O) groups is 1. The largest absolute Gasteiger partial charge is 0.481 e. The van der Waals surface area contributed by atoms with Gasteiger partial charge in [0.25, 0.3) is 0 Å². The summed E-state index contributed by atoms with van der Waals surface area (Å²) >= 11 is 0. The predicted molar refractivity (Wildman–Crippen MR) is 118 cm³/mol. The minimum absolute atomic E-state index is 0.0390. The van der Waals surface area contributed by atoms with Gasteiger partial charge in [0, 0.05) is 39.8 Å². The molecular weight excluding hydrogens is 394 g/mol. The van der Waals surface area contributed by atoms with Crippen LogP contribution in [0.3, 0.4) is 0 Å². The molecule has 1 aliphatic rings. The molecule has 0 atom stereocenters. The van der Waals surface area contributed by atoms with Crippen LogP contribution in [-0.2, 0) is 13.5 Å². The maximum Gasteiger partial charge on any atom is 0.317 e. The monoisotopic (exact) mass is 419 g/mol. The maximum absolute atomic E-state index is 12.5. The van der Waals surface area contributed by atoms with E-state index in [4.69, 9.17) is 11.2 Å². The number of terminal acetylenes is 1. The molecule has 4 rings (SSSR count). The van der Waals surface area contributed by atoms with E-state index in [0.29, 0.717) is 32.7 Å². The van der Waals surface area contributed by atoms with Gasteiger partial charge in [0.2, 0.25) is 0 Å². The third-order valence-electron chi connectivity index (χ3n) is 5.31. The first-order chi connectivity index (χ1) is 15.2. The number of nitrogens with one attached hydrogen (secondary N) is 1. The zero-order valence-electron chi connectivity index (χ0n) is 17.5. The Morgan fingerprint density at radius 3 is 2.71 bits per heavy atom. The number of amides is 2. The lowest BCUT2D eigenvalue weighted by Crippen LogP contribution is -2.52. The Morgan fingerprint density at radius 1 is 1.19 bits per heavy atom. The number of anilines is 1. The molecule has 160 valence electrons. The molecule has 0 spiro atoms. The summed E-state index contributed by atoms with van der Waals surface area (Å²) in [6.45, 7) is 3.54. The molecule has 31 heavy (non-hydrogen) atoms. The van der Waals surface area contributed by atoms with Gasteiger partial charge in [0.05, 0.1) is 11.6 Å². The fourth-order valence-corrected chi connectivity index (χ4v) is 3.63. The summed E-state index contributed by atoms with van der Waals surface area (Å²) in [6, 6.07) is 7.71. The molecule has 9 heteroatoms. The van der Waals surface area contributed by atoms with Crippen LogP contribution in [0.4, 0.5) is 10.6 Å². The van der Waals surface area contributed by atoms with Crippen LogP contribution in [0.25, 0.3) is 11.0 Å². The van der Waals surface area contributed by atoms with Crippen LogP contribution < -0.4 is 15.0 Å². The summed E-state index contributed by atoms with van der Waals surface area (Å²) in [5, 5.41) is 8.21. The van der Waals surface area contributed by atoms with Crippen molar-refractivity contribution in [3.05, 3.63) is 42.4 Å². The lowest BCUT2D eigenvalue weighted by Gasteiger charge is -2.35. The van der Waals surface area contributed by atoms with Gasteiger partial charge in [0.1, 0.15) is 24.5 Å². The molecule has 1 fully saturated rings. The molecule has 2 aromatic heterocycles. The van der Waals surface area contributed by atoms with Crippen LogP contribution in [0.5, 0.6) is 5.75 Å². The maximum atomic E-state index is 12.5. The molecule has 2 amide bonds. The number of carbonyl (C=O) groups excluding carboxylic acids is 1. The van der Waals surface area contributed by atoms with Crippen LogP contribution in [-0.4, -0.2) is 70.0 Å². The predicted octanol–water partition coefficient (Wildman–Crippen LogP) is 1.45. The first-order valence-corrected chi connectivity index (χ1v) is 10.2. The van der Waals surface area contributed by atoms with Gasteiger partial charge in [0.15, 0.2) is 5.65 Å². The van der Waals surface area contributed by atoms with Gasteiger partial charge in [-0.15, -0.1) is 6.42 Å². The number of hydrogen-bond donors (Lipinski definition) is 1. The highest BCUT2D eigenvalue weighted by atomic mass is 16.5. The number of hydrogen-bond acceptors (Lipinski definition) is 6. The topological polar surface area (TPSA) is 88.4 Å². The SMILES string of the molecule is C#CCOc1ccc(CCNC(=O)N2CCN(c3ncnc4c3cnn4C)CC2)cc1. The third kappa shape index (κ3) is 4.69. The molecule has 0 bridgehead atoms. The fraction of sp³-hybridized carbons (Fsp3) is 0.364. The number of piperazine rings is 1. The minimum atomic E-state index is -0.0390. The number of rotatable bonds is 6. The van der Waals surface area contributed by atoms with E-state index in [9.17, 15) is 4.79 Å². The summed E-state index contributed by atoms with van der Waals surface area (Å²) < 4.78 is 7.11. The van der Waals surface area contributed by atoms with E-state index < -0.39 is 0 Å². The van der Waals surface area contributed by atoms with Gasteiger partial charge >= 0.3 is 6.03 Å². The van der Waals surface area contributed by atoms with E-state index >= 15 is 0 Å². The van der Waals surface area contributed by atoms with E-state index in [1.807, 2.05) is 36.2 Å². The Morgan fingerprint density at radius 2 is 1.97 bits per heavy atom. The van der Waals surface area contributed by atoms with Crippen molar-refractivity contribution < 1.29 is 9.53 Å². The van der Waals surface area contributed by atoms with Gasteiger partial charge in [-0.25, -0.2) is 14.8 Å². The Labute approximate surface area is 181 Å². The second kappa shape index (κ2) is 9.34. The first kappa shape index (κ1) is 20.5. The van der Waals surface area contributed by atoms with E-state index in [1.165, 1.54) is 0 Å². The third-order valence-corrected chi connectivity index (χ3v) is 5.31. The average Bonchev–Trinajstić information content (AvgIpc) is 3.19. The lowest BCUT2D eigenvalue weighted by molar-refractivity contribution is 0.194. The average molecular weight is 419 g/mol. The van der Waals surface area contributed by atoms with Crippen molar-refractivity contribution in [3.63, 3.8) is 0 Å². The van der Waals surface area contributed by atoms with E-state index in [-0.39, 0.29) is 12.6 Å². The molecule has 0 radical (unpaired) electrons. The number of benzene rings is 1. The molecule has 1 aromatic carbocycles. The van der Waals surface area contributed by atoms with Crippen LogP contribution in [0.2, 0.25) is 0 Å². The summed E-state index contributed by atoms with van der Waals surface area (Å²) in [5.41, 5.74) is 1.93. The van der Waals surface area contributed by atoms with Crippen LogP contribution in [0, 0.1) is 12.3 Å². The molecule has 1 saturated heterocycles. The molecule has 1 N–H and O–H groups in total. The zero-order chi connectivity index (χ0) is 21.6. The number of urea groups is 1. The van der Waals surface area contributed by atoms with Crippen molar-refractivity contribution in [1.29, 1.82) is 0 Å². The number of fused-ring (bicyclic) bond motifs is 1. The van der Waals surface area contributed by atoms with Crippen molar-refractivity contribution >= 4 is 22.9 Å². The first-order valence-electron chi connectivity index (χ1n) is 10.2. The minimum Gasteiger partial charge on any atom is -0.481 e. The van der Waals surface area contributed by atoms with Crippen LogP contribution >= 0.6 is 0 Å². The van der Waals surface area contributed by atoms with E-state index in [1.54, 1.807) is 17.2 Å². The molecule has 0 unspecified atom stereocenters. The summed E-state index contributed by atoms with van der Waals surface area (Å²) in [5.74, 6) is 4.06. The zero-order valence-corrected chi connectivity index (χ0v) is 17.5. The molecule has 1 aliphatic heterocycles. The molecule has 9 nitrogen and oxygen atoms in total. The van der Waals surface area contributed by atoms with Crippen molar-refractivity contribution in [2.45, 2.75) is 6.42 Å². The fourth-order valence-electron chi connectivity index (χ4n) is 3.63. The van der Waals surface area contributed by atoms with Crippen LogP contribution in [0.1, 0.15) is 5.56 Å². The normalized spacial score (nSPS) is 13.8. The van der Waals surface area contributed by atoms with Gasteiger partial charge in [-0.2, -0.15) is 5.10 Å². The second-order valence-electron chi connectivity index (χ2n) is 7.30. The highest BCUT2D eigenvalue weighted by Gasteiger charge is 2.23. The Kier molecular flexibility index (Phi) is 6.17. The van der Waals surface area contributed by atoms with Gasteiger partial charge in [-0.05, 0) is 24.1 Å².